The molecule has 0 spiro atoms. The molecule has 0 radical (unpaired) electrons. The third-order valence-corrected chi connectivity index (χ3v) is 4.23. The van der Waals surface area contributed by atoms with Gasteiger partial charge in [-0.2, -0.15) is 0 Å². The number of aliphatic hydroxyl groups excluding tert-OH is 1. The molecule has 0 saturated heterocycles. The lowest BCUT2D eigenvalue weighted by molar-refractivity contribution is 0.175. The average molecular weight is 304 g/mol. The Labute approximate surface area is 122 Å². The fourth-order valence-corrected chi connectivity index (χ4v) is 2.55. The highest BCUT2D eigenvalue weighted by molar-refractivity contribution is 7.52. The molecule has 2 atom stereocenters. The molecule has 1 unspecified atom stereocenters. The summed E-state index contributed by atoms with van der Waals surface area (Å²) in [6.45, 7) is 8.19. The lowest BCUT2D eigenvalue weighted by atomic mass is 10.0. The molecule has 20 heavy (non-hydrogen) atoms. The van der Waals surface area contributed by atoms with Crippen molar-refractivity contribution in [2.24, 2.45) is 5.92 Å². The second kappa shape index (κ2) is 9.51. The van der Waals surface area contributed by atoms with Crippen LogP contribution in [0.1, 0.15) is 59.8 Å². The molecule has 0 saturated carbocycles. The van der Waals surface area contributed by atoms with Gasteiger partial charge in [-0.25, -0.2) is 0 Å². The highest BCUT2D eigenvalue weighted by Gasteiger charge is 2.27. The zero-order valence-corrected chi connectivity index (χ0v) is 13.9. The first kappa shape index (κ1) is 19.6. The Kier molecular flexibility index (Phi) is 9.32. The van der Waals surface area contributed by atoms with Crippen LogP contribution < -0.4 is 0 Å². The quantitative estimate of drug-likeness (QED) is 0.445. The molecule has 0 bridgehead atoms. The minimum atomic E-state index is -4.35. The second-order valence-electron chi connectivity index (χ2n) is 5.86. The first-order chi connectivity index (χ1) is 9.12. The molecule has 0 aliphatic rings. The van der Waals surface area contributed by atoms with E-state index in [9.17, 15) is 9.67 Å². The second-order valence-corrected chi connectivity index (χ2v) is 7.63. The van der Waals surface area contributed by atoms with E-state index in [1.807, 2.05) is 6.92 Å². The number of aliphatic hydroxyl groups is 1. The summed E-state index contributed by atoms with van der Waals surface area (Å²) in [6.07, 6.45) is 8.36. The van der Waals surface area contributed by atoms with Crippen LogP contribution in [0.3, 0.4) is 0 Å². The third-order valence-electron chi connectivity index (χ3n) is 3.24. The first-order valence-electron chi connectivity index (χ1n) is 7.15. The predicted octanol–water partition coefficient (Wildman–Crippen LogP) is 3.98. The van der Waals surface area contributed by atoms with Gasteiger partial charge >= 0.3 is 7.60 Å². The van der Waals surface area contributed by atoms with E-state index in [1.54, 1.807) is 0 Å². The van der Waals surface area contributed by atoms with Crippen LogP contribution in [-0.2, 0) is 4.57 Å². The molecule has 0 aromatic heterocycles. The number of rotatable bonds is 9. The molecule has 118 valence electrons. The highest BCUT2D eigenvalue weighted by Crippen LogP contribution is 2.42. The van der Waals surface area contributed by atoms with Crippen molar-refractivity contribution in [1.82, 2.24) is 0 Å². The smallest absolute Gasteiger partial charge is 0.353 e. The van der Waals surface area contributed by atoms with Crippen LogP contribution in [0, 0.1) is 5.92 Å². The molecule has 0 heterocycles. The van der Waals surface area contributed by atoms with Crippen LogP contribution in [0.15, 0.2) is 23.3 Å². The maximum atomic E-state index is 10.8. The lowest BCUT2D eigenvalue weighted by Gasteiger charge is -2.16. The molecule has 0 aliphatic heterocycles. The van der Waals surface area contributed by atoms with Crippen molar-refractivity contribution in [3.8, 4) is 0 Å². The van der Waals surface area contributed by atoms with Gasteiger partial charge in [0.05, 0.1) is 0 Å². The van der Waals surface area contributed by atoms with E-state index in [0.717, 1.165) is 25.7 Å². The Balaban J connectivity index is 3.98. The zero-order valence-electron chi connectivity index (χ0n) is 13.0. The van der Waals surface area contributed by atoms with Crippen molar-refractivity contribution in [3.63, 3.8) is 0 Å². The van der Waals surface area contributed by atoms with Crippen molar-refractivity contribution in [3.05, 3.63) is 23.3 Å². The van der Waals surface area contributed by atoms with Gasteiger partial charge in [0.1, 0.15) is 0 Å². The Morgan fingerprint density at radius 1 is 1.15 bits per heavy atom. The van der Waals surface area contributed by atoms with Gasteiger partial charge in [-0.1, -0.05) is 30.2 Å². The van der Waals surface area contributed by atoms with Crippen molar-refractivity contribution in [2.75, 3.05) is 0 Å². The molecule has 0 rings (SSSR count). The Bertz CT molecular complexity index is 377. The van der Waals surface area contributed by atoms with Gasteiger partial charge < -0.3 is 14.9 Å². The van der Waals surface area contributed by atoms with Crippen molar-refractivity contribution < 1.29 is 19.5 Å². The zero-order chi connectivity index (χ0) is 15.8. The predicted molar refractivity (Wildman–Crippen MR) is 83.5 cm³/mol. The summed E-state index contributed by atoms with van der Waals surface area (Å²) in [7, 11) is -4.35. The summed E-state index contributed by atoms with van der Waals surface area (Å²) >= 11 is 0. The monoisotopic (exact) mass is 304 g/mol. The van der Waals surface area contributed by atoms with Crippen molar-refractivity contribution >= 4 is 7.60 Å². The van der Waals surface area contributed by atoms with Crippen molar-refractivity contribution in [1.29, 1.82) is 0 Å². The molecule has 0 aromatic carbocycles. The van der Waals surface area contributed by atoms with Gasteiger partial charge in [-0.3, -0.25) is 4.57 Å². The highest BCUT2D eigenvalue weighted by atomic mass is 31.2. The van der Waals surface area contributed by atoms with E-state index in [0.29, 0.717) is 0 Å². The van der Waals surface area contributed by atoms with Crippen molar-refractivity contribution in [2.45, 2.75) is 65.6 Å². The van der Waals surface area contributed by atoms with E-state index in [4.69, 9.17) is 9.79 Å². The number of allylic oxidation sites excluding steroid dienone is 4. The Morgan fingerprint density at radius 2 is 1.75 bits per heavy atom. The fourth-order valence-electron chi connectivity index (χ4n) is 1.92. The fraction of sp³-hybridized carbons (Fsp3) is 0.733. The normalized spacial score (nSPS) is 15.8. The maximum absolute atomic E-state index is 10.8. The summed E-state index contributed by atoms with van der Waals surface area (Å²) in [5, 5.41) is 9.35. The SMILES string of the molecule is CC(C)=CCC/C(C)=C/CCC(C)C[C@@H](O)P(=O)(O)O. The van der Waals surface area contributed by atoms with Gasteiger partial charge in [0.25, 0.3) is 0 Å². The Hall–Kier alpha value is -0.410. The topological polar surface area (TPSA) is 77.8 Å². The van der Waals surface area contributed by atoms with Crippen LogP contribution in [0.4, 0.5) is 0 Å². The van der Waals surface area contributed by atoms with Crippen LogP contribution in [0.5, 0.6) is 0 Å². The summed E-state index contributed by atoms with van der Waals surface area (Å²) in [6, 6.07) is 0. The molecule has 0 aromatic rings. The summed E-state index contributed by atoms with van der Waals surface area (Å²) < 4.78 is 10.8. The van der Waals surface area contributed by atoms with Gasteiger partial charge in [-0.05, 0) is 58.8 Å². The molecular formula is C15H29O4P. The molecule has 0 fully saturated rings. The Morgan fingerprint density at radius 3 is 2.25 bits per heavy atom. The standard InChI is InChI=1S/C15H29O4P/c1-12(2)7-5-8-13(3)9-6-10-14(4)11-15(16)20(17,18)19/h7,9,14-16H,5-6,8,10-11H2,1-4H3,(H2,17,18,19)/b13-9+/t14?,15-/m0/s1. The molecule has 3 N–H and O–H groups in total. The van der Waals surface area contributed by atoms with E-state index < -0.39 is 13.4 Å². The molecule has 4 nitrogen and oxygen atoms in total. The molecule has 0 amide bonds. The third kappa shape index (κ3) is 10.4. The van der Waals surface area contributed by atoms with E-state index in [-0.39, 0.29) is 12.3 Å². The van der Waals surface area contributed by atoms with Gasteiger partial charge in [-0.15, -0.1) is 0 Å². The summed E-state index contributed by atoms with van der Waals surface area (Å²) in [4.78, 5) is 17.7. The minimum absolute atomic E-state index is 0.0967. The van der Waals surface area contributed by atoms with Crippen LogP contribution in [-0.4, -0.2) is 20.7 Å². The van der Waals surface area contributed by atoms with E-state index in [1.165, 1.54) is 11.1 Å². The number of hydrogen-bond acceptors (Lipinski definition) is 2. The largest absolute Gasteiger partial charge is 0.380 e. The molecule has 0 aliphatic carbocycles. The maximum Gasteiger partial charge on any atom is 0.353 e. The molecule has 5 heteroatoms. The van der Waals surface area contributed by atoms with Crippen LogP contribution in [0.25, 0.3) is 0 Å². The van der Waals surface area contributed by atoms with Crippen LogP contribution >= 0.6 is 7.60 Å². The summed E-state index contributed by atoms with van der Waals surface area (Å²) in [5.74, 6) is -1.43. The van der Waals surface area contributed by atoms with E-state index in [2.05, 4.69) is 32.9 Å². The first-order valence-corrected chi connectivity index (χ1v) is 8.83. The minimum Gasteiger partial charge on any atom is -0.380 e. The average Bonchev–Trinajstić information content (AvgIpc) is 2.26. The van der Waals surface area contributed by atoms with Gasteiger partial charge in [0.15, 0.2) is 5.85 Å². The van der Waals surface area contributed by atoms with Gasteiger partial charge in [0, 0.05) is 0 Å². The van der Waals surface area contributed by atoms with Gasteiger partial charge in [0.2, 0.25) is 0 Å². The number of hydrogen-bond donors (Lipinski definition) is 3. The molecular weight excluding hydrogens is 275 g/mol. The van der Waals surface area contributed by atoms with E-state index >= 15 is 0 Å². The van der Waals surface area contributed by atoms with Crippen LogP contribution in [0.2, 0.25) is 0 Å². The lowest BCUT2D eigenvalue weighted by Crippen LogP contribution is -2.11. The summed E-state index contributed by atoms with van der Waals surface area (Å²) in [5.41, 5.74) is 2.67.